The summed E-state index contributed by atoms with van der Waals surface area (Å²) in [6, 6.07) is 1.75. The van der Waals surface area contributed by atoms with Crippen LogP contribution in [0.1, 0.15) is 0 Å². The summed E-state index contributed by atoms with van der Waals surface area (Å²) >= 11 is 0. The van der Waals surface area contributed by atoms with Gasteiger partial charge in [0.25, 0.3) is 0 Å². The van der Waals surface area contributed by atoms with Crippen LogP contribution in [-0.4, -0.2) is 31.3 Å². The van der Waals surface area contributed by atoms with Crippen molar-refractivity contribution >= 4 is 12.7 Å². The molecule has 0 saturated heterocycles. The van der Waals surface area contributed by atoms with Gasteiger partial charge in [0.1, 0.15) is 6.33 Å². The lowest BCUT2D eigenvalue weighted by atomic mass is 9.85. The molecule has 0 aliphatic carbocycles. The Morgan fingerprint density at radius 1 is 1.36 bits per heavy atom. The largest absolute Gasteiger partial charge is 0.513 e. The van der Waals surface area contributed by atoms with Crippen molar-refractivity contribution in [3.8, 4) is 0 Å². The van der Waals surface area contributed by atoms with Crippen LogP contribution in [-0.2, 0) is 9.31 Å². The fourth-order valence-corrected chi connectivity index (χ4v) is 0.778. The van der Waals surface area contributed by atoms with Crippen LogP contribution in [0.15, 0.2) is 18.6 Å². The van der Waals surface area contributed by atoms with Gasteiger partial charge in [-0.1, -0.05) is 0 Å². The average molecular weight is 152 g/mol. The van der Waals surface area contributed by atoms with Gasteiger partial charge in [-0.25, -0.2) is 9.97 Å². The van der Waals surface area contributed by atoms with E-state index in [0.717, 1.165) is 5.59 Å². The van der Waals surface area contributed by atoms with Crippen molar-refractivity contribution in [1.29, 1.82) is 0 Å². The molecule has 1 aromatic heterocycles. The van der Waals surface area contributed by atoms with Crippen molar-refractivity contribution in [1.82, 2.24) is 9.97 Å². The van der Waals surface area contributed by atoms with E-state index in [1.54, 1.807) is 26.5 Å². The summed E-state index contributed by atoms with van der Waals surface area (Å²) in [5, 5.41) is 0. The Morgan fingerprint density at radius 3 is 2.55 bits per heavy atom. The molecule has 0 radical (unpaired) electrons. The van der Waals surface area contributed by atoms with E-state index in [1.807, 2.05) is 0 Å². The van der Waals surface area contributed by atoms with Crippen molar-refractivity contribution < 1.29 is 9.31 Å². The smallest absolute Gasteiger partial charge is 0.409 e. The second-order valence-electron chi connectivity index (χ2n) is 1.94. The van der Waals surface area contributed by atoms with Gasteiger partial charge in [-0.15, -0.1) is 0 Å². The summed E-state index contributed by atoms with van der Waals surface area (Å²) in [6.07, 6.45) is 3.10. The van der Waals surface area contributed by atoms with E-state index >= 15 is 0 Å². The topological polar surface area (TPSA) is 44.2 Å². The predicted molar refractivity (Wildman–Crippen MR) is 41.4 cm³/mol. The van der Waals surface area contributed by atoms with E-state index < -0.39 is 7.12 Å². The van der Waals surface area contributed by atoms with Gasteiger partial charge in [-0.3, -0.25) is 0 Å². The van der Waals surface area contributed by atoms with Crippen molar-refractivity contribution in [2.45, 2.75) is 0 Å². The van der Waals surface area contributed by atoms with Crippen molar-refractivity contribution in [3.63, 3.8) is 0 Å². The number of aromatic nitrogens is 2. The van der Waals surface area contributed by atoms with Crippen LogP contribution in [0.4, 0.5) is 0 Å². The minimum Gasteiger partial charge on any atom is -0.409 e. The normalized spacial score (nSPS) is 9.64. The summed E-state index contributed by atoms with van der Waals surface area (Å²) in [7, 11) is 2.74. The molecule has 0 aliphatic rings. The molecule has 0 aromatic carbocycles. The van der Waals surface area contributed by atoms with Gasteiger partial charge in [0.15, 0.2) is 0 Å². The first-order chi connectivity index (χ1) is 5.38. The van der Waals surface area contributed by atoms with Crippen molar-refractivity contribution in [2.24, 2.45) is 0 Å². The first-order valence-corrected chi connectivity index (χ1v) is 3.20. The molecule has 11 heavy (non-hydrogen) atoms. The van der Waals surface area contributed by atoms with Gasteiger partial charge in [0.05, 0.1) is 5.59 Å². The van der Waals surface area contributed by atoms with E-state index in [0.29, 0.717) is 0 Å². The van der Waals surface area contributed by atoms with Gasteiger partial charge in [0.2, 0.25) is 0 Å². The molecule has 0 unspecified atom stereocenters. The summed E-state index contributed by atoms with van der Waals surface area (Å²) in [4.78, 5) is 7.73. The highest BCUT2D eigenvalue weighted by Gasteiger charge is 2.18. The SMILES string of the molecule is COB(OC)c1ccncn1. The highest BCUT2D eigenvalue weighted by atomic mass is 16.6. The third-order valence-corrected chi connectivity index (χ3v) is 1.27. The Kier molecular flexibility index (Phi) is 3.01. The number of hydrogen-bond acceptors (Lipinski definition) is 4. The highest BCUT2D eigenvalue weighted by Crippen LogP contribution is 1.83. The lowest BCUT2D eigenvalue weighted by Gasteiger charge is -2.05. The van der Waals surface area contributed by atoms with Gasteiger partial charge < -0.3 is 9.31 Å². The third kappa shape index (κ3) is 1.99. The van der Waals surface area contributed by atoms with Crippen LogP contribution in [0.25, 0.3) is 0 Å². The molecule has 0 bridgehead atoms. The zero-order chi connectivity index (χ0) is 8.10. The first kappa shape index (κ1) is 8.16. The monoisotopic (exact) mass is 152 g/mol. The number of hydrogen-bond donors (Lipinski definition) is 0. The van der Waals surface area contributed by atoms with E-state index in [1.165, 1.54) is 6.33 Å². The standard InChI is InChI=1S/C6H9BN2O2/c1-10-7(11-2)6-3-4-8-5-9-6/h3-5H,1-2H3. The minimum atomic E-state index is -0.391. The molecule has 1 heterocycles. The van der Waals surface area contributed by atoms with E-state index in [9.17, 15) is 0 Å². The average Bonchev–Trinajstić information content (AvgIpc) is 2.09. The van der Waals surface area contributed by atoms with Crippen molar-refractivity contribution in [2.75, 3.05) is 14.2 Å². The molecular weight excluding hydrogens is 143 g/mol. The Morgan fingerprint density at radius 2 is 2.09 bits per heavy atom. The Hall–Kier alpha value is -0.935. The van der Waals surface area contributed by atoms with Gasteiger partial charge in [-0.2, -0.15) is 0 Å². The molecule has 0 amide bonds. The van der Waals surface area contributed by atoms with Crippen LogP contribution >= 0.6 is 0 Å². The molecule has 1 rings (SSSR count). The molecule has 4 nitrogen and oxygen atoms in total. The number of rotatable bonds is 3. The van der Waals surface area contributed by atoms with Gasteiger partial charge >= 0.3 is 7.12 Å². The Balaban J connectivity index is 2.74. The third-order valence-electron chi connectivity index (χ3n) is 1.27. The molecule has 0 aliphatic heterocycles. The zero-order valence-corrected chi connectivity index (χ0v) is 6.52. The lowest BCUT2D eigenvalue weighted by molar-refractivity contribution is 0.291. The van der Waals surface area contributed by atoms with Gasteiger partial charge in [0, 0.05) is 20.4 Å². The summed E-state index contributed by atoms with van der Waals surface area (Å²) in [5.41, 5.74) is 0.727. The quantitative estimate of drug-likeness (QED) is 0.545. The maximum absolute atomic E-state index is 4.97. The Labute approximate surface area is 65.7 Å². The van der Waals surface area contributed by atoms with Gasteiger partial charge in [-0.05, 0) is 6.07 Å². The maximum atomic E-state index is 4.97. The fraction of sp³-hybridized carbons (Fsp3) is 0.333. The summed E-state index contributed by atoms with van der Waals surface area (Å²) in [6.45, 7) is 0. The molecule has 5 heteroatoms. The second kappa shape index (κ2) is 4.05. The molecule has 0 atom stereocenters. The van der Waals surface area contributed by atoms with E-state index in [4.69, 9.17) is 9.31 Å². The fourth-order valence-electron chi connectivity index (χ4n) is 0.778. The molecule has 0 saturated carbocycles. The molecule has 0 fully saturated rings. The predicted octanol–water partition coefficient (Wildman–Crippen LogP) is -0.535. The van der Waals surface area contributed by atoms with E-state index in [2.05, 4.69) is 9.97 Å². The van der Waals surface area contributed by atoms with Crippen LogP contribution < -0.4 is 5.59 Å². The minimum absolute atomic E-state index is 0.391. The molecule has 0 N–H and O–H groups in total. The zero-order valence-electron chi connectivity index (χ0n) is 6.52. The van der Waals surface area contributed by atoms with Crippen molar-refractivity contribution in [3.05, 3.63) is 18.6 Å². The maximum Gasteiger partial charge on any atom is 0.513 e. The number of nitrogens with zero attached hydrogens (tertiary/aromatic N) is 2. The highest BCUT2D eigenvalue weighted by molar-refractivity contribution is 6.60. The van der Waals surface area contributed by atoms with Crippen LogP contribution in [0.5, 0.6) is 0 Å². The van der Waals surface area contributed by atoms with Crippen LogP contribution in [0, 0.1) is 0 Å². The Bertz CT molecular complexity index is 203. The second-order valence-corrected chi connectivity index (χ2v) is 1.94. The summed E-state index contributed by atoms with van der Waals surface area (Å²) < 4.78 is 9.95. The first-order valence-electron chi connectivity index (χ1n) is 3.20. The molecular formula is C6H9BN2O2. The molecule has 0 spiro atoms. The lowest BCUT2D eigenvalue weighted by Crippen LogP contribution is -2.36. The van der Waals surface area contributed by atoms with Crippen LogP contribution in [0.3, 0.4) is 0 Å². The van der Waals surface area contributed by atoms with Crippen LogP contribution in [0.2, 0.25) is 0 Å². The molecule has 1 aromatic rings. The molecule has 58 valence electrons. The summed E-state index contributed by atoms with van der Waals surface area (Å²) in [5.74, 6) is 0. The van der Waals surface area contributed by atoms with E-state index in [-0.39, 0.29) is 0 Å².